The van der Waals surface area contributed by atoms with Gasteiger partial charge in [0.15, 0.2) is 0 Å². The highest BCUT2D eigenvalue weighted by Crippen LogP contribution is 2.30. The molecule has 3 rings (SSSR count). The van der Waals surface area contributed by atoms with E-state index in [0.29, 0.717) is 13.1 Å². The second-order valence-corrected chi connectivity index (χ2v) is 6.35. The van der Waals surface area contributed by atoms with Crippen molar-refractivity contribution < 1.29 is 5.11 Å². The highest BCUT2D eigenvalue weighted by molar-refractivity contribution is 9.10. The monoisotopic (exact) mass is 335 g/mol. The molecule has 2 aromatic rings. The summed E-state index contributed by atoms with van der Waals surface area (Å²) in [6.45, 7) is 1.29. The van der Waals surface area contributed by atoms with Crippen LogP contribution in [0, 0.1) is 0 Å². The Kier molecular flexibility index (Phi) is 3.92. The molecule has 0 amide bonds. The first-order valence-corrected chi connectivity index (χ1v) is 7.67. The van der Waals surface area contributed by atoms with Crippen LogP contribution in [0.5, 0.6) is 0 Å². The maximum absolute atomic E-state index is 10.00. The Morgan fingerprint density at radius 1 is 1.30 bits per heavy atom. The number of rotatable bonds is 5. The molecular weight excluding hydrogens is 318 g/mol. The Hall–Kier alpha value is -1.17. The fourth-order valence-electron chi connectivity index (χ4n) is 2.40. The van der Waals surface area contributed by atoms with Gasteiger partial charge in [0, 0.05) is 11.0 Å². The van der Waals surface area contributed by atoms with Crippen LogP contribution in [-0.2, 0) is 6.54 Å². The molecule has 106 valence electrons. The summed E-state index contributed by atoms with van der Waals surface area (Å²) in [6.07, 6.45) is 4.79. The van der Waals surface area contributed by atoms with Gasteiger partial charge in [-0.3, -0.25) is 0 Å². The minimum absolute atomic E-state index is 0.485. The van der Waals surface area contributed by atoms with Crippen molar-refractivity contribution in [1.82, 2.24) is 15.3 Å². The van der Waals surface area contributed by atoms with Crippen molar-refractivity contribution >= 4 is 15.9 Å². The van der Waals surface area contributed by atoms with Gasteiger partial charge in [0.25, 0.3) is 0 Å². The zero-order valence-electron chi connectivity index (χ0n) is 11.2. The van der Waals surface area contributed by atoms with Crippen LogP contribution in [0.4, 0.5) is 0 Å². The lowest BCUT2D eigenvalue weighted by Gasteiger charge is -2.36. The fourth-order valence-corrected chi connectivity index (χ4v) is 2.67. The summed E-state index contributed by atoms with van der Waals surface area (Å²) in [6, 6.07) is 8.12. The number of imidazole rings is 1. The van der Waals surface area contributed by atoms with Crippen molar-refractivity contribution in [3.8, 4) is 11.3 Å². The maximum Gasteiger partial charge on any atom is 0.120 e. The smallest absolute Gasteiger partial charge is 0.120 e. The third kappa shape index (κ3) is 3.11. The molecular formula is C15H18BrN3O. The predicted molar refractivity (Wildman–Crippen MR) is 82.2 cm³/mol. The first-order valence-electron chi connectivity index (χ1n) is 6.88. The van der Waals surface area contributed by atoms with Crippen LogP contribution in [0.25, 0.3) is 11.3 Å². The van der Waals surface area contributed by atoms with Crippen molar-refractivity contribution in [3.05, 3.63) is 40.8 Å². The van der Waals surface area contributed by atoms with Gasteiger partial charge in [0.1, 0.15) is 5.82 Å². The zero-order chi connectivity index (χ0) is 14.0. The number of H-pyrrole nitrogens is 1. The lowest BCUT2D eigenvalue weighted by Crippen LogP contribution is -2.46. The van der Waals surface area contributed by atoms with Crippen LogP contribution in [0.3, 0.4) is 0 Å². The molecule has 1 aliphatic rings. The number of benzene rings is 1. The molecule has 0 atom stereocenters. The molecule has 0 aliphatic heterocycles. The number of nitrogens with zero attached hydrogens (tertiary/aromatic N) is 1. The van der Waals surface area contributed by atoms with Crippen LogP contribution in [0.15, 0.2) is 34.9 Å². The molecule has 20 heavy (non-hydrogen) atoms. The largest absolute Gasteiger partial charge is 0.389 e. The Morgan fingerprint density at radius 3 is 2.70 bits per heavy atom. The Balaban J connectivity index is 1.57. The van der Waals surface area contributed by atoms with E-state index in [1.807, 2.05) is 30.5 Å². The van der Waals surface area contributed by atoms with Crippen LogP contribution in [0.2, 0.25) is 0 Å². The highest BCUT2D eigenvalue weighted by atomic mass is 79.9. The Labute approximate surface area is 126 Å². The summed E-state index contributed by atoms with van der Waals surface area (Å²) in [5, 5.41) is 13.3. The lowest BCUT2D eigenvalue weighted by molar-refractivity contribution is -0.0315. The lowest BCUT2D eigenvalue weighted by atomic mass is 9.80. The quantitative estimate of drug-likeness (QED) is 0.787. The third-order valence-corrected chi connectivity index (χ3v) is 4.34. The molecule has 1 heterocycles. The summed E-state index contributed by atoms with van der Waals surface area (Å²) in [5.74, 6) is 0.894. The molecule has 1 fully saturated rings. The predicted octanol–water partition coefficient (Wildman–Crippen LogP) is 2.84. The van der Waals surface area contributed by atoms with E-state index in [0.717, 1.165) is 40.8 Å². The van der Waals surface area contributed by atoms with Crippen molar-refractivity contribution in [2.75, 3.05) is 6.54 Å². The van der Waals surface area contributed by atoms with Crippen LogP contribution in [-0.4, -0.2) is 27.2 Å². The minimum atomic E-state index is -0.485. The molecule has 0 spiro atoms. The number of hydrogen-bond acceptors (Lipinski definition) is 3. The molecule has 1 aliphatic carbocycles. The summed E-state index contributed by atoms with van der Waals surface area (Å²) in [5.41, 5.74) is 1.64. The van der Waals surface area contributed by atoms with Gasteiger partial charge in [-0.05, 0) is 37.0 Å². The van der Waals surface area contributed by atoms with Crippen molar-refractivity contribution in [2.24, 2.45) is 0 Å². The molecule has 0 unspecified atom stereocenters. The molecule has 0 bridgehead atoms. The van der Waals surface area contributed by atoms with E-state index in [9.17, 15) is 5.11 Å². The number of aromatic amines is 1. The van der Waals surface area contributed by atoms with Gasteiger partial charge in [-0.2, -0.15) is 0 Å². The van der Waals surface area contributed by atoms with E-state index >= 15 is 0 Å². The second kappa shape index (κ2) is 5.68. The summed E-state index contributed by atoms with van der Waals surface area (Å²) in [7, 11) is 0. The Bertz CT molecular complexity index is 575. The van der Waals surface area contributed by atoms with E-state index in [4.69, 9.17) is 0 Å². The molecule has 4 nitrogen and oxygen atoms in total. The standard InChI is InChI=1S/C15H18BrN3O/c16-12-4-2-11(3-5-12)13-8-18-14(19-13)9-17-10-15(20)6-1-7-15/h2-5,8,17,20H,1,6-7,9-10H2,(H,18,19). The van der Waals surface area contributed by atoms with Gasteiger partial charge < -0.3 is 15.4 Å². The normalized spacial score (nSPS) is 16.9. The van der Waals surface area contributed by atoms with Crippen LogP contribution in [0.1, 0.15) is 25.1 Å². The number of aliphatic hydroxyl groups is 1. The molecule has 1 saturated carbocycles. The second-order valence-electron chi connectivity index (χ2n) is 5.43. The van der Waals surface area contributed by atoms with Crippen molar-refractivity contribution in [2.45, 2.75) is 31.4 Å². The molecule has 1 aromatic heterocycles. The van der Waals surface area contributed by atoms with E-state index in [1.54, 1.807) is 0 Å². The van der Waals surface area contributed by atoms with Gasteiger partial charge in [-0.1, -0.05) is 28.1 Å². The number of aromatic nitrogens is 2. The van der Waals surface area contributed by atoms with Gasteiger partial charge >= 0.3 is 0 Å². The van der Waals surface area contributed by atoms with Crippen molar-refractivity contribution in [3.63, 3.8) is 0 Å². The topological polar surface area (TPSA) is 60.9 Å². The maximum atomic E-state index is 10.00. The van der Waals surface area contributed by atoms with Gasteiger partial charge in [-0.15, -0.1) is 0 Å². The summed E-state index contributed by atoms with van der Waals surface area (Å²) >= 11 is 3.43. The number of hydrogen-bond donors (Lipinski definition) is 3. The summed E-state index contributed by atoms with van der Waals surface area (Å²) < 4.78 is 1.07. The molecule has 5 heteroatoms. The molecule has 0 saturated heterocycles. The van der Waals surface area contributed by atoms with E-state index in [2.05, 4.69) is 31.2 Å². The van der Waals surface area contributed by atoms with Crippen LogP contribution < -0.4 is 5.32 Å². The highest BCUT2D eigenvalue weighted by Gasteiger charge is 2.33. The summed E-state index contributed by atoms with van der Waals surface area (Å²) in [4.78, 5) is 7.67. The van der Waals surface area contributed by atoms with E-state index in [1.165, 1.54) is 0 Å². The average Bonchev–Trinajstić information content (AvgIpc) is 2.86. The zero-order valence-corrected chi connectivity index (χ0v) is 12.8. The third-order valence-electron chi connectivity index (χ3n) is 3.81. The fraction of sp³-hybridized carbons (Fsp3) is 0.400. The van der Waals surface area contributed by atoms with Gasteiger partial charge in [-0.25, -0.2) is 4.98 Å². The van der Waals surface area contributed by atoms with E-state index in [-0.39, 0.29) is 0 Å². The molecule has 1 aromatic carbocycles. The van der Waals surface area contributed by atoms with E-state index < -0.39 is 5.60 Å². The first kappa shape index (κ1) is 13.8. The average molecular weight is 336 g/mol. The van der Waals surface area contributed by atoms with Gasteiger partial charge in [0.05, 0.1) is 24.0 Å². The number of halogens is 1. The first-order chi connectivity index (χ1) is 9.65. The van der Waals surface area contributed by atoms with Crippen LogP contribution >= 0.6 is 15.9 Å². The van der Waals surface area contributed by atoms with Gasteiger partial charge in [0.2, 0.25) is 0 Å². The number of nitrogens with one attached hydrogen (secondary N) is 2. The molecule has 0 radical (unpaired) electrons. The molecule has 3 N–H and O–H groups in total. The Morgan fingerprint density at radius 2 is 2.05 bits per heavy atom. The van der Waals surface area contributed by atoms with Crippen molar-refractivity contribution in [1.29, 1.82) is 0 Å². The minimum Gasteiger partial charge on any atom is -0.389 e. The SMILES string of the molecule is OC1(CNCc2ncc(-c3ccc(Br)cc3)[nH]2)CCC1.